The van der Waals surface area contributed by atoms with Gasteiger partial charge in [0.1, 0.15) is 17.5 Å². The van der Waals surface area contributed by atoms with Crippen LogP contribution in [-0.2, 0) is 16.1 Å². The zero-order chi connectivity index (χ0) is 23.7. The van der Waals surface area contributed by atoms with Crippen LogP contribution in [0.5, 0.6) is 11.5 Å². The van der Waals surface area contributed by atoms with Crippen molar-refractivity contribution in [1.29, 1.82) is 0 Å². The second kappa shape index (κ2) is 12.3. The number of nitrogens with zero attached hydrogens (tertiary/aromatic N) is 1. The van der Waals surface area contributed by atoms with E-state index < -0.39 is 6.04 Å². The van der Waals surface area contributed by atoms with Crippen molar-refractivity contribution in [2.75, 3.05) is 20.3 Å². The Bertz CT molecular complexity index is 909. The molecule has 0 heterocycles. The van der Waals surface area contributed by atoms with E-state index in [1.165, 1.54) is 0 Å². The molecule has 2 aromatic rings. The standard InChI is InChI=1S/C25H33ClN2O4/c1-6-11-27-25(30)22(7-2)28(15-19-9-8-10-20(14-19)31-5)23(29)16-32-21-12-17(3)24(26)18(4)13-21/h8-10,12-14,22H,6-7,11,15-16H2,1-5H3,(H,27,30). The van der Waals surface area contributed by atoms with Gasteiger partial charge in [0.2, 0.25) is 5.91 Å². The van der Waals surface area contributed by atoms with Crippen molar-refractivity contribution in [3.63, 3.8) is 0 Å². The molecule has 0 aliphatic rings. The summed E-state index contributed by atoms with van der Waals surface area (Å²) in [6, 6.07) is 10.5. The summed E-state index contributed by atoms with van der Waals surface area (Å²) in [7, 11) is 1.60. The Kier molecular flexibility index (Phi) is 9.85. The molecule has 6 nitrogen and oxygen atoms in total. The van der Waals surface area contributed by atoms with E-state index in [2.05, 4.69) is 5.32 Å². The van der Waals surface area contributed by atoms with Crippen LogP contribution in [-0.4, -0.2) is 43.0 Å². The van der Waals surface area contributed by atoms with Crippen molar-refractivity contribution >= 4 is 23.4 Å². The Labute approximate surface area is 195 Å². The number of aryl methyl sites for hydroxylation is 2. The second-order valence-electron chi connectivity index (χ2n) is 7.75. The van der Waals surface area contributed by atoms with Gasteiger partial charge in [0.25, 0.3) is 5.91 Å². The third-order valence-electron chi connectivity index (χ3n) is 5.19. The highest BCUT2D eigenvalue weighted by Gasteiger charge is 2.29. The largest absolute Gasteiger partial charge is 0.497 e. The Hall–Kier alpha value is -2.73. The van der Waals surface area contributed by atoms with Crippen LogP contribution in [0, 0.1) is 13.8 Å². The Morgan fingerprint density at radius 1 is 1.09 bits per heavy atom. The highest BCUT2D eigenvalue weighted by Crippen LogP contribution is 2.26. The number of rotatable bonds is 11. The average Bonchev–Trinajstić information content (AvgIpc) is 2.79. The number of hydrogen-bond acceptors (Lipinski definition) is 4. The molecule has 0 fully saturated rings. The molecule has 7 heteroatoms. The van der Waals surface area contributed by atoms with Gasteiger partial charge in [0.05, 0.1) is 7.11 Å². The summed E-state index contributed by atoms with van der Waals surface area (Å²) in [4.78, 5) is 27.6. The van der Waals surface area contributed by atoms with E-state index in [1.807, 2.05) is 52.0 Å². The highest BCUT2D eigenvalue weighted by atomic mass is 35.5. The van der Waals surface area contributed by atoms with Crippen LogP contribution in [0.1, 0.15) is 43.4 Å². The van der Waals surface area contributed by atoms with Crippen molar-refractivity contribution in [3.05, 3.63) is 58.1 Å². The lowest BCUT2D eigenvalue weighted by molar-refractivity contribution is -0.143. The fraction of sp³-hybridized carbons (Fsp3) is 0.440. The van der Waals surface area contributed by atoms with Crippen LogP contribution in [0.3, 0.4) is 0 Å². The lowest BCUT2D eigenvalue weighted by Gasteiger charge is -2.30. The lowest BCUT2D eigenvalue weighted by Crippen LogP contribution is -2.50. The van der Waals surface area contributed by atoms with Crippen molar-refractivity contribution in [2.45, 2.75) is 53.1 Å². The van der Waals surface area contributed by atoms with Crippen molar-refractivity contribution in [3.8, 4) is 11.5 Å². The first-order valence-corrected chi connectivity index (χ1v) is 11.3. The molecule has 0 saturated carbocycles. The van der Waals surface area contributed by atoms with E-state index >= 15 is 0 Å². The summed E-state index contributed by atoms with van der Waals surface area (Å²) in [5.74, 6) is 0.838. The van der Waals surface area contributed by atoms with Crippen LogP contribution in [0.25, 0.3) is 0 Å². The molecule has 174 valence electrons. The van der Waals surface area contributed by atoms with Crippen LogP contribution in [0.15, 0.2) is 36.4 Å². The van der Waals surface area contributed by atoms with Crippen molar-refractivity contribution < 1.29 is 19.1 Å². The molecule has 1 unspecified atom stereocenters. The molecule has 0 aromatic heterocycles. The Balaban J connectivity index is 2.24. The predicted molar refractivity (Wildman–Crippen MR) is 127 cm³/mol. The van der Waals surface area contributed by atoms with E-state index in [4.69, 9.17) is 21.1 Å². The number of halogens is 1. The quantitative estimate of drug-likeness (QED) is 0.528. The summed E-state index contributed by atoms with van der Waals surface area (Å²) in [5, 5.41) is 3.59. The van der Waals surface area contributed by atoms with Crippen molar-refractivity contribution in [1.82, 2.24) is 10.2 Å². The Morgan fingerprint density at radius 3 is 2.38 bits per heavy atom. The number of amides is 2. The van der Waals surface area contributed by atoms with Gasteiger partial charge in [0, 0.05) is 18.1 Å². The molecule has 32 heavy (non-hydrogen) atoms. The number of benzene rings is 2. The predicted octanol–water partition coefficient (Wildman–Crippen LogP) is 4.68. The third-order valence-corrected chi connectivity index (χ3v) is 5.79. The molecule has 0 radical (unpaired) electrons. The molecule has 0 aliphatic heterocycles. The minimum atomic E-state index is -0.599. The lowest BCUT2D eigenvalue weighted by atomic mass is 10.1. The molecule has 0 aliphatic carbocycles. The first-order chi connectivity index (χ1) is 15.3. The third kappa shape index (κ3) is 6.89. The SMILES string of the molecule is CCCNC(=O)C(CC)N(Cc1cccc(OC)c1)C(=O)COc1cc(C)c(Cl)c(C)c1. The van der Waals surface area contributed by atoms with Gasteiger partial charge >= 0.3 is 0 Å². The number of ether oxygens (including phenoxy) is 2. The molecule has 1 N–H and O–H groups in total. The highest BCUT2D eigenvalue weighted by molar-refractivity contribution is 6.32. The molecule has 0 saturated heterocycles. The maximum Gasteiger partial charge on any atom is 0.261 e. The van der Waals surface area contributed by atoms with E-state index in [0.29, 0.717) is 29.5 Å². The first-order valence-electron chi connectivity index (χ1n) is 10.9. The zero-order valence-electron chi connectivity index (χ0n) is 19.5. The van der Waals surface area contributed by atoms with E-state index in [0.717, 1.165) is 23.1 Å². The van der Waals surface area contributed by atoms with Gasteiger partial charge in [-0.15, -0.1) is 0 Å². The molecule has 2 rings (SSSR count). The summed E-state index contributed by atoms with van der Waals surface area (Å²) in [6.07, 6.45) is 1.31. The number of carbonyl (C=O) groups is 2. The van der Waals surface area contributed by atoms with Gasteiger partial charge in [0.15, 0.2) is 6.61 Å². The molecular formula is C25H33ClN2O4. The van der Waals surface area contributed by atoms with E-state index in [9.17, 15) is 9.59 Å². The van der Waals surface area contributed by atoms with Crippen LogP contribution >= 0.6 is 11.6 Å². The van der Waals surface area contributed by atoms with Gasteiger partial charge in [-0.1, -0.05) is 37.6 Å². The Morgan fingerprint density at radius 2 is 1.78 bits per heavy atom. The van der Waals surface area contributed by atoms with Crippen LogP contribution in [0.2, 0.25) is 5.02 Å². The molecule has 0 spiro atoms. The van der Waals surface area contributed by atoms with Gasteiger partial charge in [-0.2, -0.15) is 0 Å². The minimum Gasteiger partial charge on any atom is -0.497 e. The topological polar surface area (TPSA) is 67.9 Å². The van der Waals surface area contributed by atoms with Crippen LogP contribution < -0.4 is 14.8 Å². The number of nitrogens with one attached hydrogen (secondary N) is 1. The monoisotopic (exact) mass is 460 g/mol. The smallest absolute Gasteiger partial charge is 0.261 e. The molecule has 1 atom stereocenters. The molecule has 2 aromatic carbocycles. The van der Waals surface area contributed by atoms with E-state index in [-0.39, 0.29) is 25.0 Å². The number of methoxy groups -OCH3 is 1. The summed E-state index contributed by atoms with van der Waals surface area (Å²) >= 11 is 6.23. The fourth-order valence-electron chi connectivity index (χ4n) is 3.47. The minimum absolute atomic E-state index is 0.163. The summed E-state index contributed by atoms with van der Waals surface area (Å²) in [6.45, 7) is 8.34. The molecular weight excluding hydrogens is 428 g/mol. The van der Waals surface area contributed by atoms with Crippen molar-refractivity contribution in [2.24, 2.45) is 0 Å². The van der Waals surface area contributed by atoms with Gasteiger partial charge in [-0.25, -0.2) is 0 Å². The maximum absolute atomic E-state index is 13.3. The second-order valence-corrected chi connectivity index (χ2v) is 8.13. The maximum atomic E-state index is 13.3. The summed E-state index contributed by atoms with van der Waals surface area (Å²) in [5.41, 5.74) is 2.64. The van der Waals surface area contributed by atoms with Gasteiger partial charge < -0.3 is 19.7 Å². The average molecular weight is 461 g/mol. The number of hydrogen-bond donors (Lipinski definition) is 1. The van der Waals surface area contributed by atoms with Gasteiger partial charge in [-0.3, -0.25) is 9.59 Å². The van der Waals surface area contributed by atoms with Crippen LogP contribution in [0.4, 0.5) is 0 Å². The molecule has 2 amide bonds. The van der Waals surface area contributed by atoms with Gasteiger partial charge in [-0.05, 0) is 67.6 Å². The summed E-state index contributed by atoms with van der Waals surface area (Å²) < 4.78 is 11.1. The van der Waals surface area contributed by atoms with E-state index in [1.54, 1.807) is 24.1 Å². The molecule has 0 bridgehead atoms. The fourth-order valence-corrected chi connectivity index (χ4v) is 3.58. The first kappa shape index (κ1) is 25.5. The normalized spacial score (nSPS) is 11.6. The number of carbonyl (C=O) groups excluding carboxylic acids is 2. The zero-order valence-corrected chi connectivity index (χ0v) is 20.3.